The number of rotatable bonds is 3. The number of anilines is 1. The summed E-state index contributed by atoms with van der Waals surface area (Å²) in [6, 6.07) is 7.27. The fraction of sp³-hybridized carbons (Fsp3) is 0.500. The number of ether oxygens (including phenoxy) is 1. The molecule has 0 spiro atoms. The van der Waals surface area contributed by atoms with Crippen LogP contribution in [0.5, 0.6) is 5.75 Å². The standard InChI is InChI=1S/C14H21N3O2/c1-19-13-6-4-12(5-7-13)16-14(18)17-8-2-3-11(9-15)10-17/h4-7,11H,2-3,8-10,15H2,1H3,(H,16,18). The van der Waals surface area contributed by atoms with Crippen molar-refractivity contribution >= 4 is 11.7 Å². The van der Waals surface area contributed by atoms with Crippen LogP contribution in [0.4, 0.5) is 10.5 Å². The van der Waals surface area contributed by atoms with Crippen LogP contribution in [0.2, 0.25) is 0 Å². The number of urea groups is 1. The maximum absolute atomic E-state index is 12.1. The van der Waals surface area contributed by atoms with Gasteiger partial charge >= 0.3 is 6.03 Å². The monoisotopic (exact) mass is 263 g/mol. The second-order valence-electron chi connectivity index (χ2n) is 4.85. The Morgan fingerprint density at radius 2 is 2.21 bits per heavy atom. The molecule has 104 valence electrons. The third kappa shape index (κ3) is 3.61. The zero-order valence-electron chi connectivity index (χ0n) is 11.3. The number of benzene rings is 1. The lowest BCUT2D eigenvalue weighted by Gasteiger charge is -2.32. The van der Waals surface area contributed by atoms with E-state index in [0.29, 0.717) is 12.5 Å². The van der Waals surface area contributed by atoms with E-state index in [0.717, 1.165) is 37.4 Å². The number of hydrogen-bond donors (Lipinski definition) is 2. The van der Waals surface area contributed by atoms with Crippen LogP contribution in [0.3, 0.4) is 0 Å². The van der Waals surface area contributed by atoms with Gasteiger partial charge in [0.25, 0.3) is 0 Å². The highest BCUT2D eigenvalue weighted by atomic mass is 16.5. The molecule has 1 heterocycles. The average Bonchev–Trinajstić information content (AvgIpc) is 2.48. The van der Waals surface area contributed by atoms with Crippen molar-refractivity contribution in [3.05, 3.63) is 24.3 Å². The molecule has 0 aliphatic carbocycles. The lowest BCUT2D eigenvalue weighted by atomic mass is 9.99. The second kappa shape index (κ2) is 6.43. The van der Waals surface area contributed by atoms with E-state index >= 15 is 0 Å². The molecule has 1 unspecified atom stereocenters. The van der Waals surface area contributed by atoms with Crippen molar-refractivity contribution in [2.45, 2.75) is 12.8 Å². The summed E-state index contributed by atoms with van der Waals surface area (Å²) in [7, 11) is 1.62. The molecule has 5 nitrogen and oxygen atoms in total. The third-order valence-electron chi connectivity index (χ3n) is 3.48. The Balaban J connectivity index is 1.92. The molecule has 19 heavy (non-hydrogen) atoms. The summed E-state index contributed by atoms with van der Waals surface area (Å²) < 4.78 is 5.08. The molecule has 1 saturated heterocycles. The highest BCUT2D eigenvalue weighted by Gasteiger charge is 2.22. The third-order valence-corrected chi connectivity index (χ3v) is 3.48. The van der Waals surface area contributed by atoms with Gasteiger partial charge < -0.3 is 20.7 Å². The average molecular weight is 263 g/mol. The number of nitrogens with one attached hydrogen (secondary N) is 1. The van der Waals surface area contributed by atoms with Gasteiger partial charge in [0.15, 0.2) is 0 Å². The maximum Gasteiger partial charge on any atom is 0.321 e. The number of amides is 2. The van der Waals surface area contributed by atoms with Gasteiger partial charge in [-0.3, -0.25) is 0 Å². The number of methoxy groups -OCH3 is 1. The number of carbonyl (C=O) groups is 1. The van der Waals surface area contributed by atoms with Crippen LogP contribution in [0.15, 0.2) is 24.3 Å². The molecule has 0 radical (unpaired) electrons. The molecule has 3 N–H and O–H groups in total. The zero-order valence-corrected chi connectivity index (χ0v) is 11.3. The number of hydrogen-bond acceptors (Lipinski definition) is 3. The van der Waals surface area contributed by atoms with E-state index < -0.39 is 0 Å². The molecule has 2 rings (SSSR count). The van der Waals surface area contributed by atoms with Crippen molar-refractivity contribution in [2.75, 3.05) is 32.1 Å². The van der Waals surface area contributed by atoms with Crippen LogP contribution in [0.25, 0.3) is 0 Å². The van der Waals surface area contributed by atoms with Gasteiger partial charge in [0, 0.05) is 18.8 Å². The van der Waals surface area contributed by atoms with Gasteiger partial charge in [0.2, 0.25) is 0 Å². The highest BCUT2D eigenvalue weighted by molar-refractivity contribution is 5.89. The van der Waals surface area contributed by atoms with Crippen LogP contribution in [-0.4, -0.2) is 37.7 Å². The molecule has 0 saturated carbocycles. The summed E-state index contributed by atoms with van der Waals surface area (Å²) in [5.41, 5.74) is 6.46. The van der Waals surface area contributed by atoms with Crippen molar-refractivity contribution in [3.63, 3.8) is 0 Å². The van der Waals surface area contributed by atoms with Gasteiger partial charge in [0.1, 0.15) is 5.75 Å². The predicted molar refractivity (Wildman–Crippen MR) is 75.4 cm³/mol. The molecular formula is C14H21N3O2. The quantitative estimate of drug-likeness (QED) is 0.875. The molecule has 2 amide bonds. The summed E-state index contributed by atoms with van der Waals surface area (Å²) >= 11 is 0. The van der Waals surface area contributed by atoms with E-state index in [1.807, 2.05) is 29.2 Å². The van der Waals surface area contributed by atoms with Gasteiger partial charge in [-0.15, -0.1) is 0 Å². The van der Waals surface area contributed by atoms with E-state index in [-0.39, 0.29) is 6.03 Å². The molecule has 1 aliphatic heterocycles. The first-order valence-electron chi connectivity index (χ1n) is 6.63. The second-order valence-corrected chi connectivity index (χ2v) is 4.85. The van der Waals surface area contributed by atoms with Crippen LogP contribution in [0.1, 0.15) is 12.8 Å². The molecule has 1 fully saturated rings. The van der Waals surface area contributed by atoms with Gasteiger partial charge in [-0.05, 0) is 49.6 Å². The number of likely N-dealkylation sites (tertiary alicyclic amines) is 1. The summed E-state index contributed by atoms with van der Waals surface area (Å²) in [6.07, 6.45) is 2.14. The summed E-state index contributed by atoms with van der Waals surface area (Å²) in [4.78, 5) is 14.0. The highest BCUT2D eigenvalue weighted by Crippen LogP contribution is 2.18. The largest absolute Gasteiger partial charge is 0.497 e. The van der Waals surface area contributed by atoms with Crippen molar-refractivity contribution in [3.8, 4) is 5.75 Å². The molecule has 1 atom stereocenters. The molecule has 1 aliphatic rings. The zero-order chi connectivity index (χ0) is 13.7. The minimum atomic E-state index is -0.0525. The Bertz CT molecular complexity index is 419. The number of piperidine rings is 1. The van der Waals surface area contributed by atoms with E-state index in [4.69, 9.17) is 10.5 Å². The van der Waals surface area contributed by atoms with Crippen molar-refractivity contribution in [2.24, 2.45) is 11.7 Å². The fourth-order valence-corrected chi connectivity index (χ4v) is 2.32. The minimum Gasteiger partial charge on any atom is -0.497 e. The molecule has 1 aromatic carbocycles. The van der Waals surface area contributed by atoms with Crippen LogP contribution in [-0.2, 0) is 0 Å². The van der Waals surface area contributed by atoms with Gasteiger partial charge in [0.05, 0.1) is 7.11 Å². The molecule has 0 aromatic heterocycles. The number of nitrogens with two attached hydrogens (primary N) is 1. The van der Waals surface area contributed by atoms with Crippen LogP contribution < -0.4 is 15.8 Å². The van der Waals surface area contributed by atoms with E-state index in [2.05, 4.69) is 5.32 Å². The summed E-state index contributed by atoms with van der Waals surface area (Å²) in [5.74, 6) is 1.20. The van der Waals surface area contributed by atoms with E-state index in [9.17, 15) is 4.79 Å². The Hall–Kier alpha value is -1.75. The molecular weight excluding hydrogens is 242 g/mol. The Morgan fingerprint density at radius 3 is 2.84 bits per heavy atom. The SMILES string of the molecule is COc1ccc(NC(=O)N2CCCC(CN)C2)cc1. The first-order valence-corrected chi connectivity index (χ1v) is 6.63. The van der Waals surface area contributed by atoms with E-state index in [1.165, 1.54) is 0 Å². The number of carbonyl (C=O) groups excluding carboxylic acids is 1. The Kier molecular flexibility index (Phi) is 4.63. The first-order chi connectivity index (χ1) is 9.22. The molecule has 5 heteroatoms. The first kappa shape index (κ1) is 13.7. The van der Waals surface area contributed by atoms with Crippen molar-refractivity contribution in [1.29, 1.82) is 0 Å². The van der Waals surface area contributed by atoms with Crippen LogP contribution >= 0.6 is 0 Å². The van der Waals surface area contributed by atoms with Gasteiger partial charge in [-0.2, -0.15) is 0 Å². The normalized spacial score (nSPS) is 19.1. The van der Waals surface area contributed by atoms with Crippen molar-refractivity contribution in [1.82, 2.24) is 4.90 Å². The van der Waals surface area contributed by atoms with Crippen molar-refractivity contribution < 1.29 is 9.53 Å². The Labute approximate surface area is 113 Å². The minimum absolute atomic E-state index is 0.0525. The van der Waals surface area contributed by atoms with E-state index in [1.54, 1.807) is 7.11 Å². The lowest BCUT2D eigenvalue weighted by molar-refractivity contribution is 0.179. The molecule has 0 bridgehead atoms. The smallest absolute Gasteiger partial charge is 0.321 e. The van der Waals surface area contributed by atoms with Gasteiger partial charge in [-0.1, -0.05) is 0 Å². The summed E-state index contributed by atoms with van der Waals surface area (Å²) in [6.45, 7) is 2.20. The summed E-state index contributed by atoms with van der Waals surface area (Å²) in [5, 5.41) is 2.90. The van der Waals surface area contributed by atoms with Crippen LogP contribution in [0, 0.1) is 5.92 Å². The lowest BCUT2D eigenvalue weighted by Crippen LogP contribution is -2.44. The fourth-order valence-electron chi connectivity index (χ4n) is 2.32. The topological polar surface area (TPSA) is 67.6 Å². The maximum atomic E-state index is 12.1. The number of nitrogens with zero attached hydrogens (tertiary/aromatic N) is 1. The molecule has 1 aromatic rings. The predicted octanol–water partition coefficient (Wildman–Crippen LogP) is 1.90. The Morgan fingerprint density at radius 1 is 1.47 bits per heavy atom. The van der Waals surface area contributed by atoms with Gasteiger partial charge in [-0.25, -0.2) is 4.79 Å².